The van der Waals surface area contributed by atoms with E-state index < -0.39 is 10.0 Å². The lowest BCUT2D eigenvalue weighted by Gasteiger charge is -2.28. The first-order valence-corrected chi connectivity index (χ1v) is 11.0. The van der Waals surface area contributed by atoms with Gasteiger partial charge in [0, 0.05) is 31.3 Å². The van der Waals surface area contributed by atoms with Gasteiger partial charge in [-0.2, -0.15) is 0 Å². The molecule has 0 bridgehead atoms. The van der Waals surface area contributed by atoms with Gasteiger partial charge in [-0.1, -0.05) is 12.1 Å². The molecule has 0 aliphatic carbocycles. The van der Waals surface area contributed by atoms with E-state index in [1.165, 1.54) is 12.1 Å². The Kier molecular flexibility index (Phi) is 6.04. The maximum atomic E-state index is 12.9. The summed E-state index contributed by atoms with van der Waals surface area (Å²) < 4.78 is 22.8. The molecule has 0 spiro atoms. The number of hydrogen-bond donors (Lipinski definition) is 1. The molecule has 1 heterocycles. The predicted octanol–water partition coefficient (Wildman–Crippen LogP) is 2.68. The van der Waals surface area contributed by atoms with E-state index in [1.807, 2.05) is 6.92 Å². The van der Waals surface area contributed by atoms with Crippen molar-refractivity contribution in [3.05, 3.63) is 59.7 Å². The van der Waals surface area contributed by atoms with Gasteiger partial charge >= 0.3 is 0 Å². The summed E-state index contributed by atoms with van der Waals surface area (Å²) >= 11 is 0. The standard InChI is InChI=1S/C21H25N3O4S/c1-15(16-8-12-19(13-9-16)29(22,27)28)23(2)21(26)17-6-10-18(11-7-17)24-14-4-3-5-20(24)25/h6-13,15H,3-5,14H2,1-2H3,(H2,22,27,28)/t15-/m1/s1. The van der Waals surface area contributed by atoms with Crippen LogP contribution in [0.5, 0.6) is 0 Å². The van der Waals surface area contributed by atoms with Gasteiger partial charge in [0.25, 0.3) is 5.91 Å². The lowest BCUT2D eigenvalue weighted by atomic mass is 10.1. The molecule has 8 heteroatoms. The molecule has 0 aromatic heterocycles. The van der Waals surface area contributed by atoms with Crippen molar-refractivity contribution in [2.75, 3.05) is 18.5 Å². The number of nitrogens with zero attached hydrogens (tertiary/aromatic N) is 2. The van der Waals surface area contributed by atoms with Gasteiger partial charge in [0.2, 0.25) is 15.9 Å². The van der Waals surface area contributed by atoms with Crippen molar-refractivity contribution in [3.8, 4) is 0 Å². The molecule has 154 valence electrons. The maximum Gasteiger partial charge on any atom is 0.254 e. The summed E-state index contributed by atoms with van der Waals surface area (Å²) in [4.78, 5) is 28.3. The Morgan fingerprint density at radius 2 is 1.69 bits per heavy atom. The van der Waals surface area contributed by atoms with Crippen LogP contribution in [0.25, 0.3) is 0 Å². The van der Waals surface area contributed by atoms with Crippen molar-refractivity contribution >= 4 is 27.5 Å². The third-order valence-corrected chi connectivity index (χ3v) is 6.27. The molecule has 0 radical (unpaired) electrons. The number of primary sulfonamides is 1. The summed E-state index contributed by atoms with van der Waals surface area (Å²) in [5.41, 5.74) is 2.12. The minimum absolute atomic E-state index is 0.0327. The van der Waals surface area contributed by atoms with Crippen LogP contribution >= 0.6 is 0 Å². The largest absolute Gasteiger partial charge is 0.335 e. The zero-order chi connectivity index (χ0) is 21.2. The van der Waals surface area contributed by atoms with Crippen LogP contribution in [-0.4, -0.2) is 38.7 Å². The number of nitrogens with two attached hydrogens (primary N) is 1. The molecule has 1 aliphatic heterocycles. The summed E-state index contributed by atoms with van der Waals surface area (Å²) in [6.45, 7) is 2.57. The first kappa shape index (κ1) is 21.0. The minimum atomic E-state index is -3.75. The number of rotatable bonds is 5. The molecule has 2 aromatic rings. The summed E-state index contributed by atoms with van der Waals surface area (Å²) in [5, 5.41) is 5.12. The molecule has 1 saturated heterocycles. The molecule has 1 fully saturated rings. The molecule has 7 nitrogen and oxygen atoms in total. The second kappa shape index (κ2) is 8.34. The third-order valence-electron chi connectivity index (χ3n) is 5.34. The van der Waals surface area contributed by atoms with Gasteiger partial charge in [-0.25, -0.2) is 13.6 Å². The van der Waals surface area contributed by atoms with E-state index in [0.29, 0.717) is 18.5 Å². The Bertz CT molecular complexity index is 1000. The van der Waals surface area contributed by atoms with Crippen molar-refractivity contribution < 1.29 is 18.0 Å². The second-order valence-electron chi connectivity index (χ2n) is 7.26. The van der Waals surface area contributed by atoms with Gasteiger partial charge in [0.15, 0.2) is 0 Å². The average Bonchev–Trinajstić information content (AvgIpc) is 2.72. The Labute approximate surface area is 171 Å². The molecule has 0 saturated carbocycles. The lowest BCUT2D eigenvalue weighted by molar-refractivity contribution is -0.119. The van der Waals surface area contributed by atoms with Crippen molar-refractivity contribution in [1.29, 1.82) is 0 Å². The molecule has 1 aliphatic rings. The van der Waals surface area contributed by atoms with Gasteiger partial charge in [0.05, 0.1) is 10.9 Å². The number of anilines is 1. The maximum absolute atomic E-state index is 12.9. The quantitative estimate of drug-likeness (QED) is 0.811. The number of carbonyl (C=O) groups is 2. The van der Waals surface area contributed by atoms with Crippen LogP contribution in [0.3, 0.4) is 0 Å². The highest BCUT2D eigenvalue weighted by Crippen LogP contribution is 2.24. The van der Waals surface area contributed by atoms with Gasteiger partial charge in [-0.05, 0) is 61.7 Å². The second-order valence-corrected chi connectivity index (χ2v) is 8.82. The van der Waals surface area contributed by atoms with E-state index in [-0.39, 0.29) is 22.8 Å². The molecule has 3 rings (SSSR count). The Morgan fingerprint density at radius 1 is 1.07 bits per heavy atom. The monoisotopic (exact) mass is 415 g/mol. The zero-order valence-corrected chi connectivity index (χ0v) is 17.4. The van der Waals surface area contributed by atoms with E-state index in [9.17, 15) is 18.0 Å². The topological polar surface area (TPSA) is 101 Å². The van der Waals surface area contributed by atoms with Crippen LogP contribution < -0.4 is 10.0 Å². The minimum Gasteiger partial charge on any atom is -0.335 e. The molecule has 0 unspecified atom stereocenters. The number of carbonyl (C=O) groups excluding carboxylic acids is 2. The van der Waals surface area contributed by atoms with Gasteiger partial charge in [0.1, 0.15) is 0 Å². The van der Waals surface area contributed by atoms with Crippen molar-refractivity contribution in [2.24, 2.45) is 5.14 Å². The Morgan fingerprint density at radius 3 is 2.24 bits per heavy atom. The summed E-state index contributed by atoms with van der Waals surface area (Å²) in [7, 11) is -2.05. The summed E-state index contributed by atoms with van der Waals surface area (Å²) in [5.74, 6) is -0.0476. The summed E-state index contributed by atoms with van der Waals surface area (Å²) in [6, 6.07) is 13.0. The van der Waals surface area contributed by atoms with Crippen LogP contribution in [0.1, 0.15) is 48.1 Å². The number of hydrogen-bond acceptors (Lipinski definition) is 4. The van der Waals surface area contributed by atoms with Crippen LogP contribution in [0, 0.1) is 0 Å². The smallest absolute Gasteiger partial charge is 0.254 e. The number of sulfonamides is 1. The molecule has 2 N–H and O–H groups in total. The Hall–Kier alpha value is -2.71. The normalized spacial score (nSPS) is 15.8. The van der Waals surface area contributed by atoms with Crippen LogP contribution in [0.4, 0.5) is 5.69 Å². The van der Waals surface area contributed by atoms with Gasteiger partial charge < -0.3 is 9.80 Å². The predicted molar refractivity (Wildman–Crippen MR) is 111 cm³/mol. The highest BCUT2D eigenvalue weighted by atomic mass is 32.2. The summed E-state index contributed by atoms with van der Waals surface area (Å²) in [6.07, 6.45) is 2.47. The van der Waals surface area contributed by atoms with E-state index in [0.717, 1.165) is 24.1 Å². The van der Waals surface area contributed by atoms with Crippen molar-refractivity contribution in [3.63, 3.8) is 0 Å². The Balaban J connectivity index is 1.73. The highest BCUT2D eigenvalue weighted by Gasteiger charge is 2.22. The lowest BCUT2D eigenvalue weighted by Crippen LogP contribution is -2.35. The van der Waals surface area contributed by atoms with E-state index in [4.69, 9.17) is 5.14 Å². The molecule has 29 heavy (non-hydrogen) atoms. The van der Waals surface area contributed by atoms with Crippen LogP contribution in [0.2, 0.25) is 0 Å². The fourth-order valence-electron chi connectivity index (χ4n) is 3.40. The molecular weight excluding hydrogens is 390 g/mol. The van der Waals surface area contributed by atoms with Crippen molar-refractivity contribution in [1.82, 2.24) is 4.90 Å². The number of benzene rings is 2. The van der Waals surface area contributed by atoms with Gasteiger partial charge in [-0.15, -0.1) is 0 Å². The molecular formula is C21H25N3O4S. The van der Waals surface area contributed by atoms with E-state index >= 15 is 0 Å². The SMILES string of the molecule is C[C@H](c1ccc(S(N)(=O)=O)cc1)N(C)C(=O)c1ccc(N2CCCCC2=O)cc1. The number of amides is 2. The van der Waals surface area contributed by atoms with Crippen LogP contribution in [-0.2, 0) is 14.8 Å². The molecule has 2 amide bonds. The van der Waals surface area contributed by atoms with E-state index in [2.05, 4.69) is 0 Å². The number of piperidine rings is 1. The highest BCUT2D eigenvalue weighted by molar-refractivity contribution is 7.89. The van der Waals surface area contributed by atoms with Crippen molar-refractivity contribution in [2.45, 2.75) is 37.1 Å². The third kappa shape index (κ3) is 4.65. The van der Waals surface area contributed by atoms with Crippen LogP contribution in [0.15, 0.2) is 53.4 Å². The zero-order valence-electron chi connectivity index (χ0n) is 16.5. The van der Waals surface area contributed by atoms with Gasteiger partial charge in [-0.3, -0.25) is 9.59 Å². The van der Waals surface area contributed by atoms with E-state index in [1.54, 1.807) is 53.2 Å². The fourth-order valence-corrected chi connectivity index (χ4v) is 3.92. The molecule has 1 atom stereocenters. The average molecular weight is 416 g/mol. The fraction of sp³-hybridized carbons (Fsp3) is 0.333. The first-order chi connectivity index (χ1) is 13.7. The molecule has 2 aromatic carbocycles. The first-order valence-electron chi connectivity index (χ1n) is 9.49.